The van der Waals surface area contributed by atoms with Gasteiger partial charge in [-0.05, 0) is 36.8 Å². The number of hydrogen-bond acceptors (Lipinski definition) is 5. The Morgan fingerprint density at radius 3 is 2.45 bits per heavy atom. The summed E-state index contributed by atoms with van der Waals surface area (Å²) in [6, 6.07) is 18.7. The highest BCUT2D eigenvalue weighted by molar-refractivity contribution is 5.94. The Balaban J connectivity index is 1.49. The van der Waals surface area contributed by atoms with E-state index < -0.39 is 0 Å². The van der Waals surface area contributed by atoms with Crippen LogP contribution in [0.3, 0.4) is 0 Å². The first-order valence-corrected chi connectivity index (χ1v) is 9.29. The minimum Gasteiger partial charge on any atom is -0.489 e. The summed E-state index contributed by atoms with van der Waals surface area (Å²) in [6.07, 6.45) is 0.137. The first kappa shape index (κ1) is 20.1. The van der Waals surface area contributed by atoms with Gasteiger partial charge in [0.15, 0.2) is 5.82 Å². The molecule has 3 rings (SSSR count). The van der Waals surface area contributed by atoms with Crippen LogP contribution in [0.15, 0.2) is 65.2 Å². The van der Waals surface area contributed by atoms with Crippen molar-refractivity contribution in [1.29, 1.82) is 0 Å². The molecule has 2 amide bonds. The number of hydrogen-bond donors (Lipinski definition) is 1. The van der Waals surface area contributed by atoms with Crippen LogP contribution < -0.4 is 15.0 Å². The van der Waals surface area contributed by atoms with Gasteiger partial charge in [-0.2, -0.15) is 0 Å². The summed E-state index contributed by atoms with van der Waals surface area (Å²) in [5.41, 5.74) is 1.75. The van der Waals surface area contributed by atoms with Crippen molar-refractivity contribution >= 4 is 23.3 Å². The molecule has 0 fully saturated rings. The Bertz CT molecular complexity index is 952. The molecule has 0 unspecified atom stereocenters. The Kier molecular flexibility index (Phi) is 6.63. The van der Waals surface area contributed by atoms with Crippen LogP contribution in [0.2, 0.25) is 0 Å². The third-order valence-corrected chi connectivity index (χ3v) is 4.22. The quantitative estimate of drug-likeness (QED) is 0.626. The van der Waals surface area contributed by atoms with Crippen LogP contribution in [0.4, 0.5) is 11.5 Å². The lowest BCUT2D eigenvalue weighted by atomic mass is 10.2. The van der Waals surface area contributed by atoms with Crippen molar-refractivity contribution in [2.45, 2.75) is 26.9 Å². The number of aromatic nitrogens is 1. The molecule has 0 atom stereocenters. The molecular formula is C22H23N3O4. The van der Waals surface area contributed by atoms with E-state index >= 15 is 0 Å². The van der Waals surface area contributed by atoms with Gasteiger partial charge in [0.25, 0.3) is 0 Å². The molecule has 0 saturated heterocycles. The van der Waals surface area contributed by atoms with Crippen LogP contribution in [0.5, 0.6) is 5.75 Å². The fourth-order valence-corrected chi connectivity index (χ4v) is 2.73. The number of anilines is 2. The first-order valence-electron chi connectivity index (χ1n) is 9.29. The molecule has 0 aliphatic rings. The molecule has 2 aromatic carbocycles. The Morgan fingerprint density at radius 2 is 1.83 bits per heavy atom. The molecule has 3 aromatic rings. The molecule has 1 heterocycles. The van der Waals surface area contributed by atoms with Gasteiger partial charge in [-0.25, -0.2) is 0 Å². The number of nitrogens with one attached hydrogen (secondary N) is 1. The predicted molar refractivity (Wildman–Crippen MR) is 110 cm³/mol. The normalized spacial score (nSPS) is 10.4. The van der Waals surface area contributed by atoms with Gasteiger partial charge >= 0.3 is 0 Å². The summed E-state index contributed by atoms with van der Waals surface area (Å²) in [7, 11) is 0. The van der Waals surface area contributed by atoms with Crippen molar-refractivity contribution in [3.63, 3.8) is 0 Å². The van der Waals surface area contributed by atoms with Crippen LogP contribution in [-0.4, -0.2) is 23.5 Å². The van der Waals surface area contributed by atoms with Crippen molar-refractivity contribution in [2.75, 3.05) is 16.8 Å². The maximum absolute atomic E-state index is 12.2. The SMILES string of the molecule is CC(=O)N(CCC(=O)Nc1ccc(OCc2ccccc2)cc1)c1cc(C)on1. The number of rotatable bonds is 8. The van der Waals surface area contributed by atoms with Gasteiger partial charge in [0.2, 0.25) is 11.8 Å². The molecule has 0 bridgehead atoms. The largest absolute Gasteiger partial charge is 0.489 e. The van der Waals surface area contributed by atoms with E-state index in [-0.39, 0.29) is 24.8 Å². The third-order valence-electron chi connectivity index (χ3n) is 4.22. The molecule has 0 aliphatic heterocycles. The van der Waals surface area contributed by atoms with Crippen molar-refractivity contribution in [2.24, 2.45) is 0 Å². The third kappa shape index (κ3) is 5.93. The zero-order valence-electron chi connectivity index (χ0n) is 16.4. The fraction of sp³-hybridized carbons (Fsp3) is 0.227. The lowest BCUT2D eigenvalue weighted by molar-refractivity contribution is -0.117. The van der Waals surface area contributed by atoms with Crippen LogP contribution in [0, 0.1) is 6.92 Å². The second kappa shape index (κ2) is 9.54. The molecule has 0 radical (unpaired) electrons. The molecule has 1 N–H and O–H groups in total. The summed E-state index contributed by atoms with van der Waals surface area (Å²) in [5, 5.41) is 6.65. The fourth-order valence-electron chi connectivity index (χ4n) is 2.73. The van der Waals surface area contributed by atoms with E-state index in [1.165, 1.54) is 11.8 Å². The number of nitrogens with zero attached hydrogens (tertiary/aromatic N) is 2. The second-order valence-electron chi connectivity index (χ2n) is 6.56. The zero-order valence-corrected chi connectivity index (χ0v) is 16.4. The smallest absolute Gasteiger partial charge is 0.226 e. The number of benzene rings is 2. The second-order valence-corrected chi connectivity index (χ2v) is 6.56. The monoisotopic (exact) mass is 393 g/mol. The van der Waals surface area contributed by atoms with E-state index in [2.05, 4.69) is 10.5 Å². The summed E-state index contributed by atoms with van der Waals surface area (Å²) in [4.78, 5) is 25.5. The topological polar surface area (TPSA) is 84.7 Å². The summed E-state index contributed by atoms with van der Waals surface area (Å²) < 4.78 is 10.7. The summed E-state index contributed by atoms with van der Waals surface area (Å²) >= 11 is 0. The van der Waals surface area contributed by atoms with Gasteiger partial charge in [-0.15, -0.1) is 0 Å². The van der Waals surface area contributed by atoms with Crippen molar-refractivity contribution < 1.29 is 18.8 Å². The van der Waals surface area contributed by atoms with Crippen molar-refractivity contribution in [3.8, 4) is 5.75 Å². The van der Waals surface area contributed by atoms with Crippen LogP contribution in [0.1, 0.15) is 24.7 Å². The molecule has 7 nitrogen and oxygen atoms in total. The highest BCUT2D eigenvalue weighted by Gasteiger charge is 2.17. The number of amides is 2. The van der Waals surface area contributed by atoms with Crippen LogP contribution in [-0.2, 0) is 16.2 Å². The standard InChI is InChI=1S/C22H23N3O4/c1-16-14-21(24-29-16)25(17(2)26)13-12-22(27)23-19-8-10-20(11-9-19)28-15-18-6-4-3-5-7-18/h3-11,14H,12-13,15H2,1-2H3,(H,23,27). The molecule has 0 saturated carbocycles. The maximum atomic E-state index is 12.2. The Morgan fingerprint density at radius 1 is 1.10 bits per heavy atom. The molecule has 1 aromatic heterocycles. The van der Waals surface area contributed by atoms with Gasteiger partial charge in [-0.3, -0.25) is 14.5 Å². The molecule has 0 spiro atoms. The Labute approximate surface area is 169 Å². The Hall–Kier alpha value is -3.61. The average Bonchev–Trinajstić information content (AvgIpc) is 3.14. The molecule has 29 heavy (non-hydrogen) atoms. The number of ether oxygens (including phenoxy) is 1. The van der Waals surface area contributed by atoms with Gasteiger partial charge < -0.3 is 14.6 Å². The number of carbonyl (C=O) groups is 2. The van der Waals surface area contributed by atoms with Gasteiger partial charge in [-0.1, -0.05) is 35.5 Å². The minimum absolute atomic E-state index is 0.137. The van der Waals surface area contributed by atoms with Crippen molar-refractivity contribution in [3.05, 3.63) is 72.0 Å². The van der Waals surface area contributed by atoms with E-state index in [0.717, 1.165) is 11.3 Å². The predicted octanol–water partition coefficient (Wildman–Crippen LogP) is 3.94. The lowest BCUT2D eigenvalue weighted by Crippen LogP contribution is -2.32. The summed E-state index contributed by atoms with van der Waals surface area (Å²) in [5.74, 6) is 1.32. The highest BCUT2D eigenvalue weighted by Crippen LogP contribution is 2.18. The first-order chi connectivity index (χ1) is 14.0. The van der Waals surface area contributed by atoms with Gasteiger partial charge in [0.1, 0.15) is 18.1 Å². The van der Waals surface area contributed by atoms with Crippen LogP contribution in [0.25, 0.3) is 0 Å². The molecule has 0 aliphatic carbocycles. The summed E-state index contributed by atoms with van der Waals surface area (Å²) in [6.45, 7) is 3.87. The van der Waals surface area contributed by atoms with Crippen LogP contribution >= 0.6 is 0 Å². The van der Waals surface area contributed by atoms with E-state index in [1.807, 2.05) is 30.3 Å². The van der Waals surface area contributed by atoms with E-state index in [0.29, 0.717) is 23.9 Å². The average molecular weight is 393 g/mol. The van der Waals surface area contributed by atoms with E-state index in [4.69, 9.17) is 9.26 Å². The minimum atomic E-state index is -0.203. The zero-order chi connectivity index (χ0) is 20.6. The van der Waals surface area contributed by atoms with E-state index in [1.54, 1.807) is 37.3 Å². The lowest BCUT2D eigenvalue weighted by Gasteiger charge is -2.17. The number of carbonyl (C=O) groups excluding carboxylic acids is 2. The van der Waals surface area contributed by atoms with E-state index in [9.17, 15) is 9.59 Å². The van der Waals surface area contributed by atoms with Gasteiger partial charge in [0.05, 0.1) is 0 Å². The van der Waals surface area contributed by atoms with Crippen molar-refractivity contribution in [1.82, 2.24) is 5.16 Å². The highest BCUT2D eigenvalue weighted by atomic mass is 16.5. The molecule has 7 heteroatoms. The molecule has 150 valence electrons. The molecular weight excluding hydrogens is 370 g/mol. The number of aryl methyl sites for hydroxylation is 1. The van der Waals surface area contributed by atoms with Gasteiger partial charge in [0, 0.05) is 31.6 Å². The maximum Gasteiger partial charge on any atom is 0.226 e.